The van der Waals surface area contributed by atoms with E-state index in [4.69, 9.17) is 16.3 Å². The molecule has 1 atom stereocenters. The van der Waals surface area contributed by atoms with Crippen LogP contribution in [0.15, 0.2) is 18.2 Å². The van der Waals surface area contributed by atoms with Crippen LogP contribution in [0.25, 0.3) is 0 Å². The van der Waals surface area contributed by atoms with Crippen molar-refractivity contribution >= 4 is 23.4 Å². The fourth-order valence-corrected chi connectivity index (χ4v) is 2.29. The maximum atomic E-state index is 12.0. The molecule has 7 heteroatoms. The molecule has 0 fully saturated rings. The van der Waals surface area contributed by atoms with Gasteiger partial charge >= 0.3 is 5.51 Å². The number of halogens is 4. The van der Waals surface area contributed by atoms with Gasteiger partial charge in [-0.15, -0.1) is 0 Å². The Hall–Kier alpha value is -0.590. The molecule has 114 valence electrons. The van der Waals surface area contributed by atoms with Crippen molar-refractivity contribution in [3.8, 4) is 5.75 Å². The van der Waals surface area contributed by atoms with Crippen molar-refractivity contribution in [1.82, 2.24) is 5.32 Å². The highest BCUT2D eigenvalue weighted by molar-refractivity contribution is 8.00. The number of hydrogen-bond donors (Lipinski definition) is 1. The van der Waals surface area contributed by atoms with Gasteiger partial charge in [0.05, 0.1) is 6.61 Å². The molecule has 0 saturated carbocycles. The Morgan fingerprint density at radius 3 is 2.70 bits per heavy atom. The minimum atomic E-state index is -4.22. The maximum absolute atomic E-state index is 12.0. The maximum Gasteiger partial charge on any atom is 0.441 e. The summed E-state index contributed by atoms with van der Waals surface area (Å²) in [7, 11) is 0. The Morgan fingerprint density at radius 2 is 2.10 bits per heavy atom. The van der Waals surface area contributed by atoms with Gasteiger partial charge in [-0.3, -0.25) is 0 Å². The van der Waals surface area contributed by atoms with Crippen LogP contribution in [0.1, 0.15) is 25.5 Å². The van der Waals surface area contributed by atoms with Gasteiger partial charge in [0.25, 0.3) is 0 Å². The van der Waals surface area contributed by atoms with E-state index in [0.29, 0.717) is 10.8 Å². The molecule has 0 aromatic heterocycles. The number of benzene rings is 1. The molecule has 2 nitrogen and oxygen atoms in total. The van der Waals surface area contributed by atoms with E-state index in [9.17, 15) is 13.2 Å². The third-order valence-electron chi connectivity index (χ3n) is 2.56. The van der Waals surface area contributed by atoms with Crippen molar-refractivity contribution in [2.75, 3.05) is 18.9 Å². The van der Waals surface area contributed by atoms with Crippen LogP contribution >= 0.6 is 23.4 Å². The molecule has 0 amide bonds. The number of hydrogen-bond acceptors (Lipinski definition) is 3. The van der Waals surface area contributed by atoms with Crippen LogP contribution in [-0.4, -0.2) is 24.4 Å². The third-order valence-corrected chi connectivity index (χ3v) is 3.49. The van der Waals surface area contributed by atoms with E-state index in [1.165, 1.54) is 0 Å². The molecule has 0 bridgehead atoms. The normalized spacial score (nSPS) is 13.3. The average molecular weight is 328 g/mol. The number of nitrogens with one attached hydrogen (secondary N) is 1. The Kier molecular flexibility index (Phi) is 6.99. The Labute approximate surface area is 126 Å². The first-order valence-corrected chi connectivity index (χ1v) is 7.56. The zero-order valence-corrected chi connectivity index (χ0v) is 12.8. The molecule has 0 aliphatic heterocycles. The van der Waals surface area contributed by atoms with E-state index < -0.39 is 5.51 Å². The SMILES string of the molecule is CCNC(C)c1cc(Cl)ccc1OCCSC(F)(F)F. The van der Waals surface area contributed by atoms with E-state index in [1.54, 1.807) is 18.2 Å². The number of ether oxygens (including phenoxy) is 1. The predicted octanol–water partition coefficient (Wildman–Crippen LogP) is 4.64. The zero-order valence-electron chi connectivity index (χ0n) is 11.3. The van der Waals surface area contributed by atoms with Crippen LogP contribution in [0.3, 0.4) is 0 Å². The Balaban J connectivity index is 2.64. The third kappa shape index (κ3) is 6.24. The van der Waals surface area contributed by atoms with Crippen LogP contribution in [0.4, 0.5) is 13.2 Å². The van der Waals surface area contributed by atoms with Crippen molar-refractivity contribution in [1.29, 1.82) is 0 Å². The van der Waals surface area contributed by atoms with E-state index in [1.807, 2.05) is 13.8 Å². The number of alkyl halides is 3. The highest BCUT2D eigenvalue weighted by atomic mass is 35.5. The summed E-state index contributed by atoms with van der Waals surface area (Å²) in [4.78, 5) is 0. The van der Waals surface area contributed by atoms with Gasteiger partial charge in [0.1, 0.15) is 5.75 Å². The lowest BCUT2D eigenvalue weighted by Crippen LogP contribution is -2.19. The molecule has 0 aliphatic rings. The summed E-state index contributed by atoms with van der Waals surface area (Å²) in [5.74, 6) is 0.423. The molecular weight excluding hydrogens is 311 g/mol. The summed E-state index contributed by atoms with van der Waals surface area (Å²) >= 11 is 5.86. The van der Waals surface area contributed by atoms with Gasteiger partial charge in [-0.25, -0.2) is 0 Å². The topological polar surface area (TPSA) is 21.3 Å². The number of rotatable bonds is 7. The summed E-state index contributed by atoms with van der Waals surface area (Å²) in [6.45, 7) is 4.70. The molecule has 1 rings (SSSR count). The first-order valence-electron chi connectivity index (χ1n) is 6.19. The Bertz CT molecular complexity index is 429. The van der Waals surface area contributed by atoms with Gasteiger partial charge in [0.2, 0.25) is 0 Å². The molecule has 1 unspecified atom stereocenters. The fraction of sp³-hybridized carbons (Fsp3) is 0.538. The molecule has 1 aromatic carbocycles. The van der Waals surface area contributed by atoms with Gasteiger partial charge in [-0.1, -0.05) is 18.5 Å². The second kappa shape index (κ2) is 8.00. The van der Waals surface area contributed by atoms with Gasteiger partial charge in [0.15, 0.2) is 0 Å². The minimum absolute atomic E-state index is 0.00233. The number of thioether (sulfide) groups is 1. The molecule has 0 aliphatic carbocycles. The highest BCUT2D eigenvalue weighted by Crippen LogP contribution is 2.31. The summed E-state index contributed by atoms with van der Waals surface area (Å²) in [6, 6.07) is 5.13. The smallest absolute Gasteiger partial charge is 0.441 e. The van der Waals surface area contributed by atoms with Gasteiger partial charge in [-0.2, -0.15) is 13.2 Å². The van der Waals surface area contributed by atoms with Crippen molar-refractivity contribution in [3.05, 3.63) is 28.8 Å². The largest absolute Gasteiger partial charge is 0.492 e. The van der Waals surface area contributed by atoms with E-state index in [2.05, 4.69) is 5.32 Å². The molecule has 0 saturated heterocycles. The minimum Gasteiger partial charge on any atom is -0.492 e. The fourth-order valence-electron chi connectivity index (χ4n) is 1.71. The molecule has 1 aromatic rings. The molecule has 0 spiro atoms. The highest BCUT2D eigenvalue weighted by Gasteiger charge is 2.27. The molecule has 1 N–H and O–H groups in total. The average Bonchev–Trinajstić information content (AvgIpc) is 2.35. The van der Waals surface area contributed by atoms with E-state index in [0.717, 1.165) is 12.1 Å². The molecular formula is C13H17ClF3NOS. The van der Waals surface area contributed by atoms with Crippen LogP contribution in [0, 0.1) is 0 Å². The predicted molar refractivity (Wildman–Crippen MR) is 77.6 cm³/mol. The van der Waals surface area contributed by atoms with Gasteiger partial charge < -0.3 is 10.1 Å². The monoisotopic (exact) mass is 327 g/mol. The van der Waals surface area contributed by atoms with Crippen molar-refractivity contribution in [2.24, 2.45) is 0 Å². The lowest BCUT2D eigenvalue weighted by atomic mass is 10.1. The summed E-state index contributed by atoms with van der Waals surface area (Å²) in [5.41, 5.74) is -3.38. The zero-order chi connectivity index (χ0) is 15.2. The van der Waals surface area contributed by atoms with Crippen LogP contribution in [0.5, 0.6) is 5.75 Å². The summed E-state index contributed by atoms with van der Waals surface area (Å²) < 4.78 is 41.5. The second-order valence-corrected chi connectivity index (χ2v) is 5.70. The van der Waals surface area contributed by atoms with Gasteiger partial charge in [-0.05, 0) is 43.4 Å². The van der Waals surface area contributed by atoms with E-state index >= 15 is 0 Å². The Morgan fingerprint density at radius 1 is 1.40 bits per heavy atom. The van der Waals surface area contributed by atoms with Crippen molar-refractivity contribution in [3.63, 3.8) is 0 Å². The standard InChI is InChI=1S/C13H17ClF3NOS/c1-3-18-9(2)11-8-10(14)4-5-12(11)19-6-7-20-13(15,16)17/h4-5,8-9,18H,3,6-7H2,1-2H3. The van der Waals surface area contributed by atoms with Crippen LogP contribution < -0.4 is 10.1 Å². The lowest BCUT2D eigenvalue weighted by Gasteiger charge is -2.18. The van der Waals surface area contributed by atoms with Crippen LogP contribution in [0.2, 0.25) is 5.02 Å². The summed E-state index contributed by atoms with van der Waals surface area (Å²) in [5, 5.41) is 3.79. The van der Waals surface area contributed by atoms with Crippen LogP contribution in [-0.2, 0) is 0 Å². The quantitative estimate of drug-likeness (QED) is 0.737. The second-order valence-electron chi connectivity index (χ2n) is 4.10. The van der Waals surface area contributed by atoms with Gasteiger partial charge in [0, 0.05) is 22.4 Å². The molecule has 20 heavy (non-hydrogen) atoms. The lowest BCUT2D eigenvalue weighted by molar-refractivity contribution is -0.0329. The first kappa shape index (κ1) is 17.5. The van der Waals surface area contributed by atoms with E-state index in [-0.39, 0.29) is 30.2 Å². The van der Waals surface area contributed by atoms with Crippen molar-refractivity contribution < 1.29 is 17.9 Å². The van der Waals surface area contributed by atoms with Crippen molar-refractivity contribution in [2.45, 2.75) is 25.4 Å². The molecule has 0 heterocycles. The summed E-state index contributed by atoms with van der Waals surface area (Å²) in [6.07, 6.45) is 0. The molecule has 0 radical (unpaired) electrons. The first-order chi connectivity index (χ1) is 9.33.